The Balaban J connectivity index is 0.000000469. The maximum Gasteiger partial charge on any atom is 0.573 e. The van der Waals surface area contributed by atoms with Crippen LogP contribution in [0.5, 0.6) is 11.5 Å². The van der Waals surface area contributed by atoms with Crippen LogP contribution in [0.3, 0.4) is 0 Å². The molecular formula is C21H21BrF3NO4. The van der Waals surface area contributed by atoms with Crippen LogP contribution in [0.2, 0.25) is 0 Å². The summed E-state index contributed by atoms with van der Waals surface area (Å²) in [4.78, 5) is 9.82. The Morgan fingerprint density at radius 1 is 1.07 bits per heavy atom. The first kappa shape index (κ1) is 23.6. The molecule has 0 aliphatic carbocycles. The highest BCUT2D eigenvalue weighted by atomic mass is 79.9. The maximum absolute atomic E-state index is 12.1. The average Bonchev–Trinajstić information content (AvgIpc) is 3.04. The van der Waals surface area contributed by atoms with E-state index in [0.717, 1.165) is 15.4 Å². The number of carbonyl (C=O) groups excluding carboxylic acids is 1. The molecule has 2 aromatic carbocycles. The van der Waals surface area contributed by atoms with Gasteiger partial charge in [0.1, 0.15) is 18.1 Å². The highest BCUT2D eigenvalue weighted by Crippen LogP contribution is 2.25. The van der Waals surface area contributed by atoms with E-state index in [1.165, 1.54) is 31.2 Å². The molecule has 0 fully saturated rings. The summed E-state index contributed by atoms with van der Waals surface area (Å²) in [6, 6.07) is 13.4. The molecule has 30 heavy (non-hydrogen) atoms. The molecule has 9 heteroatoms. The molecule has 5 nitrogen and oxygen atoms in total. The Labute approximate surface area is 180 Å². The van der Waals surface area contributed by atoms with E-state index in [4.69, 9.17) is 4.74 Å². The summed E-state index contributed by atoms with van der Waals surface area (Å²) in [6.07, 6.45) is -2.71. The van der Waals surface area contributed by atoms with E-state index >= 15 is 0 Å². The SMILES string of the molecule is CCOC(C)=O.FC(F)(F)Oc1ccc(OCCn2ccc3cc(Br)ccc32)cc1. The molecule has 0 saturated carbocycles. The van der Waals surface area contributed by atoms with Gasteiger partial charge in [0, 0.05) is 28.5 Å². The molecule has 0 N–H and O–H groups in total. The van der Waals surface area contributed by atoms with Gasteiger partial charge >= 0.3 is 12.3 Å². The Hall–Kier alpha value is -2.68. The number of hydrogen-bond donors (Lipinski definition) is 0. The van der Waals surface area contributed by atoms with Crippen molar-refractivity contribution in [2.45, 2.75) is 26.8 Å². The second kappa shape index (κ2) is 10.9. The Morgan fingerprint density at radius 3 is 2.30 bits per heavy atom. The van der Waals surface area contributed by atoms with Crippen molar-refractivity contribution in [3.8, 4) is 11.5 Å². The van der Waals surface area contributed by atoms with Crippen LogP contribution >= 0.6 is 15.9 Å². The zero-order chi connectivity index (χ0) is 22.1. The third-order valence-electron chi connectivity index (χ3n) is 3.74. The number of rotatable bonds is 6. The number of ether oxygens (including phenoxy) is 3. The summed E-state index contributed by atoms with van der Waals surface area (Å²) < 4.78 is 53.1. The third kappa shape index (κ3) is 7.98. The third-order valence-corrected chi connectivity index (χ3v) is 4.23. The molecule has 0 unspecified atom stereocenters. The molecule has 0 atom stereocenters. The summed E-state index contributed by atoms with van der Waals surface area (Å²) in [7, 11) is 0. The standard InChI is InChI=1S/C17H13BrF3NO2.C4H8O2/c18-13-1-6-16-12(11-13)7-8-22(16)9-10-23-14-2-4-15(5-3-14)24-17(19,20)21;1-3-6-4(2)5/h1-8,11H,9-10H2;3H2,1-2H3. The minimum atomic E-state index is -4.69. The number of aromatic nitrogens is 1. The average molecular weight is 488 g/mol. The molecule has 0 spiro atoms. The number of carbonyl (C=O) groups is 1. The number of hydrogen-bond acceptors (Lipinski definition) is 4. The van der Waals surface area contributed by atoms with Crippen molar-refractivity contribution in [3.63, 3.8) is 0 Å². The van der Waals surface area contributed by atoms with E-state index in [0.29, 0.717) is 25.5 Å². The van der Waals surface area contributed by atoms with Gasteiger partial charge in [-0.15, -0.1) is 13.2 Å². The molecule has 0 aliphatic heterocycles. The van der Waals surface area contributed by atoms with Gasteiger partial charge < -0.3 is 18.8 Å². The first-order chi connectivity index (χ1) is 14.2. The van der Waals surface area contributed by atoms with Crippen molar-refractivity contribution in [2.75, 3.05) is 13.2 Å². The molecule has 0 bridgehead atoms. The number of nitrogens with zero attached hydrogens (tertiary/aromatic N) is 1. The Bertz CT molecular complexity index is 955. The molecule has 3 rings (SSSR count). The predicted molar refractivity (Wildman–Crippen MR) is 111 cm³/mol. The van der Waals surface area contributed by atoms with Crippen molar-refractivity contribution >= 4 is 32.8 Å². The number of esters is 1. The molecular weight excluding hydrogens is 467 g/mol. The quantitative estimate of drug-likeness (QED) is 0.403. The zero-order valence-electron chi connectivity index (χ0n) is 16.4. The van der Waals surface area contributed by atoms with Gasteiger partial charge in [0.2, 0.25) is 0 Å². The molecule has 0 saturated heterocycles. The predicted octanol–water partition coefficient (Wildman–Crippen LogP) is 5.95. The Morgan fingerprint density at radius 2 is 1.73 bits per heavy atom. The first-order valence-electron chi connectivity index (χ1n) is 9.04. The molecule has 1 heterocycles. The van der Waals surface area contributed by atoms with Crippen LogP contribution in [0.15, 0.2) is 59.2 Å². The van der Waals surface area contributed by atoms with Gasteiger partial charge in [-0.2, -0.15) is 0 Å². The van der Waals surface area contributed by atoms with Gasteiger partial charge in [-0.1, -0.05) is 15.9 Å². The normalized spacial score (nSPS) is 10.9. The highest BCUT2D eigenvalue weighted by molar-refractivity contribution is 9.10. The van der Waals surface area contributed by atoms with Crippen molar-refractivity contribution in [1.82, 2.24) is 4.57 Å². The van der Waals surface area contributed by atoms with Gasteiger partial charge in [-0.05, 0) is 55.5 Å². The number of alkyl halides is 3. The minimum Gasteiger partial charge on any atom is -0.492 e. The van der Waals surface area contributed by atoms with Gasteiger partial charge in [-0.3, -0.25) is 4.79 Å². The number of benzene rings is 2. The largest absolute Gasteiger partial charge is 0.573 e. The summed E-state index contributed by atoms with van der Waals surface area (Å²) in [5, 5.41) is 1.12. The fourth-order valence-corrected chi connectivity index (χ4v) is 2.95. The van der Waals surface area contributed by atoms with E-state index in [9.17, 15) is 18.0 Å². The summed E-state index contributed by atoms with van der Waals surface area (Å²) in [5.74, 6) is 0.0121. The van der Waals surface area contributed by atoms with E-state index in [-0.39, 0.29) is 11.7 Å². The summed E-state index contributed by atoms with van der Waals surface area (Å²) in [6.45, 7) is 4.69. The van der Waals surface area contributed by atoms with E-state index in [2.05, 4.69) is 30.0 Å². The van der Waals surface area contributed by atoms with Crippen LogP contribution in [0.4, 0.5) is 13.2 Å². The molecule has 1 aromatic heterocycles. The lowest BCUT2D eigenvalue weighted by atomic mass is 10.2. The lowest BCUT2D eigenvalue weighted by molar-refractivity contribution is -0.274. The van der Waals surface area contributed by atoms with Crippen molar-refractivity contribution in [2.24, 2.45) is 0 Å². The minimum absolute atomic E-state index is 0.211. The monoisotopic (exact) mass is 487 g/mol. The second-order valence-electron chi connectivity index (χ2n) is 6.00. The van der Waals surface area contributed by atoms with E-state index in [1.807, 2.05) is 30.5 Å². The lowest BCUT2D eigenvalue weighted by Crippen LogP contribution is -2.17. The van der Waals surface area contributed by atoms with E-state index < -0.39 is 6.36 Å². The second-order valence-corrected chi connectivity index (χ2v) is 6.92. The lowest BCUT2D eigenvalue weighted by Gasteiger charge is -2.11. The highest BCUT2D eigenvalue weighted by Gasteiger charge is 2.30. The van der Waals surface area contributed by atoms with Gasteiger partial charge in [0.25, 0.3) is 0 Å². The molecule has 162 valence electrons. The van der Waals surface area contributed by atoms with Gasteiger partial charge in [-0.25, -0.2) is 0 Å². The summed E-state index contributed by atoms with van der Waals surface area (Å²) in [5.41, 5.74) is 1.09. The van der Waals surface area contributed by atoms with Crippen molar-refractivity contribution in [3.05, 3.63) is 59.2 Å². The van der Waals surface area contributed by atoms with Crippen molar-refractivity contribution < 1.29 is 32.2 Å². The Kier molecular flexibility index (Phi) is 8.58. The van der Waals surface area contributed by atoms with Gasteiger partial charge in [0.15, 0.2) is 0 Å². The summed E-state index contributed by atoms with van der Waals surface area (Å²) >= 11 is 3.43. The van der Waals surface area contributed by atoms with Crippen LogP contribution in [-0.4, -0.2) is 30.1 Å². The maximum atomic E-state index is 12.1. The smallest absolute Gasteiger partial charge is 0.492 e. The van der Waals surface area contributed by atoms with Crippen LogP contribution in [0.25, 0.3) is 10.9 Å². The molecule has 3 aromatic rings. The molecule has 0 radical (unpaired) electrons. The van der Waals surface area contributed by atoms with Crippen LogP contribution < -0.4 is 9.47 Å². The van der Waals surface area contributed by atoms with E-state index in [1.54, 1.807) is 6.92 Å². The van der Waals surface area contributed by atoms with Crippen LogP contribution in [-0.2, 0) is 16.1 Å². The molecule has 0 amide bonds. The zero-order valence-corrected chi connectivity index (χ0v) is 18.0. The number of halogens is 4. The fraction of sp³-hybridized carbons (Fsp3) is 0.286. The van der Waals surface area contributed by atoms with Crippen LogP contribution in [0, 0.1) is 0 Å². The van der Waals surface area contributed by atoms with Crippen molar-refractivity contribution in [1.29, 1.82) is 0 Å². The fourth-order valence-electron chi connectivity index (χ4n) is 2.57. The first-order valence-corrected chi connectivity index (χ1v) is 9.83. The molecule has 0 aliphatic rings. The van der Waals surface area contributed by atoms with Gasteiger partial charge in [0.05, 0.1) is 13.2 Å². The number of fused-ring (bicyclic) bond motifs is 1. The van der Waals surface area contributed by atoms with Crippen LogP contribution in [0.1, 0.15) is 13.8 Å². The topological polar surface area (TPSA) is 49.7 Å².